The van der Waals surface area contributed by atoms with E-state index in [2.05, 4.69) is 0 Å². The lowest BCUT2D eigenvalue weighted by Crippen LogP contribution is -2.03. The maximum Gasteiger partial charge on any atom is 0.331 e. The molecule has 0 unspecified atom stereocenters. The van der Waals surface area contributed by atoms with Gasteiger partial charge in [0.25, 0.3) is 0 Å². The molecule has 0 amide bonds. The smallest absolute Gasteiger partial charge is 0.331 e. The van der Waals surface area contributed by atoms with Gasteiger partial charge in [0.05, 0.1) is 0 Å². The summed E-state index contributed by atoms with van der Waals surface area (Å²) < 4.78 is 0. The van der Waals surface area contributed by atoms with Crippen LogP contribution in [0.2, 0.25) is 0 Å². The van der Waals surface area contributed by atoms with Crippen LogP contribution in [0.25, 0.3) is 6.08 Å². The minimum atomic E-state index is -0.826. The zero-order valence-electron chi connectivity index (χ0n) is 9.10. The van der Waals surface area contributed by atoms with E-state index in [-0.39, 0.29) is 0 Å². The van der Waals surface area contributed by atoms with Gasteiger partial charge >= 0.3 is 5.97 Å². The van der Waals surface area contributed by atoms with Gasteiger partial charge < -0.3 is 5.11 Å². The van der Waals surface area contributed by atoms with Crippen molar-refractivity contribution in [3.05, 3.63) is 41.5 Å². The van der Waals surface area contributed by atoms with Crippen LogP contribution in [0.1, 0.15) is 25.8 Å². The molecular weight excluding hydrogens is 188 g/mol. The van der Waals surface area contributed by atoms with Crippen LogP contribution in [0.5, 0.6) is 0 Å². The second-order valence-electron chi connectivity index (χ2n) is 3.98. The monoisotopic (exact) mass is 204 g/mol. The predicted molar refractivity (Wildman–Crippen MR) is 61.5 cm³/mol. The van der Waals surface area contributed by atoms with Crippen molar-refractivity contribution in [1.82, 2.24) is 0 Å². The molecule has 80 valence electrons. The van der Waals surface area contributed by atoms with E-state index in [0.717, 1.165) is 5.56 Å². The van der Waals surface area contributed by atoms with E-state index in [4.69, 9.17) is 5.11 Å². The molecule has 1 rings (SSSR count). The summed E-state index contributed by atoms with van der Waals surface area (Å²) in [5, 5.41) is 9.02. The number of benzene rings is 1. The summed E-state index contributed by atoms with van der Waals surface area (Å²) in [4.78, 5) is 11.0. The third-order valence-corrected chi connectivity index (χ3v) is 2.04. The maximum atomic E-state index is 11.0. The molecule has 0 aliphatic rings. The van der Waals surface area contributed by atoms with E-state index in [1.807, 2.05) is 44.2 Å². The number of hydrogen-bond acceptors (Lipinski definition) is 1. The fourth-order valence-electron chi connectivity index (χ4n) is 1.40. The third-order valence-electron chi connectivity index (χ3n) is 2.04. The van der Waals surface area contributed by atoms with Crippen molar-refractivity contribution in [2.45, 2.75) is 20.3 Å². The lowest BCUT2D eigenvalue weighted by Gasteiger charge is -2.05. The molecule has 1 aromatic carbocycles. The molecule has 0 fully saturated rings. The van der Waals surface area contributed by atoms with Crippen molar-refractivity contribution in [2.75, 3.05) is 0 Å². The van der Waals surface area contributed by atoms with E-state index >= 15 is 0 Å². The minimum absolute atomic E-state index is 0.357. The van der Waals surface area contributed by atoms with Gasteiger partial charge in [0.1, 0.15) is 0 Å². The van der Waals surface area contributed by atoms with Crippen molar-refractivity contribution in [3.63, 3.8) is 0 Å². The number of carboxylic acids is 1. The first kappa shape index (κ1) is 11.5. The number of carbonyl (C=O) groups is 1. The van der Waals surface area contributed by atoms with Crippen molar-refractivity contribution < 1.29 is 9.90 Å². The Morgan fingerprint density at radius 1 is 1.33 bits per heavy atom. The quantitative estimate of drug-likeness (QED) is 0.765. The highest BCUT2D eigenvalue weighted by Gasteiger charge is 2.09. The summed E-state index contributed by atoms with van der Waals surface area (Å²) in [5.74, 6) is -0.469. The Kier molecular flexibility index (Phi) is 4.10. The normalized spacial score (nSPS) is 11.8. The highest BCUT2D eigenvalue weighted by atomic mass is 16.4. The average Bonchev–Trinajstić information content (AvgIpc) is 2.17. The molecule has 1 aromatic rings. The molecule has 0 atom stereocenters. The van der Waals surface area contributed by atoms with Gasteiger partial charge in [-0.25, -0.2) is 4.79 Å². The number of aliphatic carboxylic acids is 1. The fraction of sp³-hybridized carbons (Fsp3) is 0.308. The van der Waals surface area contributed by atoms with Gasteiger partial charge in [0.15, 0.2) is 0 Å². The first-order valence-corrected chi connectivity index (χ1v) is 5.08. The Bertz CT molecular complexity index is 350. The molecule has 1 N–H and O–H groups in total. The zero-order chi connectivity index (χ0) is 11.3. The number of hydrogen-bond donors (Lipinski definition) is 1. The van der Waals surface area contributed by atoms with E-state index in [0.29, 0.717) is 17.9 Å². The van der Waals surface area contributed by atoms with Crippen LogP contribution in [0.15, 0.2) is 35.9 Å². The van der Waals surface area contributed by atoms with Gasteiger partial charge in [0.2, 0.25) is 0 Å². The van der Waals surface area contributed by atoms with Crippen LogP contribution >= 0.6 is 0 Å². The lowest BCUT2D eigenvalue weighted by atomic mass is 10.0. The Morgan fingerprint density at radius 2 is 1.93 bits per heavy atom. The zero-order valence-corrected chi connectivity index (χ0v) is 9.10. The Hall–Kier alpha value is -1.57. The molecule has 0 spiro atoms. The molecule has 2 heteroatoms. The summed E-state index contributed by atoms with van der Waals surface area (Å²) in [6.07, 6.45) is 2.34. The van der Waals surface area contributed by atoms with Crippen LogP contribution < -0.4 is 0 Å². The maximum absolute atomic E-state index is 11.0. The van der Waals surface area contributed by atoms with E-state index in [1.165, 1.54) is 0 Å². The van der Waals surface area contributed by atoms with E-state index in [9.17, 15) is 4.79 Å². The second kappa shape index (κ2) is 5.35. The SMILES string of the molecule is CC(C)CC(=Cc1ccccc1)C(=O)O. The summed E-state index contributed by atoms with van der Waals surface area (Å²) in [5.41, 5.74) is 1.41. The third kappa shape index (κ3) is 3.98. The van der Waals surface area contributed by atoms with Gasteiger partial charge in [-0.05, 0) is 24.0 Å². The second-order valence-corrected chi connectivity index (χ2v) is 3.98. The first-order valence-electron chi connectivity index (χ1n) is 5.08. The molecular formula is C13H16O2. The van der Waals surface area contributed by atoms with Gasteiger partial charge in [-0.2, -0.15) is 0 Å². The molecule has 0 saturated heterocycles. The Labute approximate surface area is 90.3 Å². The predicted octanol–water partition coefficient (Wildman–Crippen LogP) is 3.20. The Morgan fingerprint density at radius 3 is 2.40 bits per heavy atom. The van der Waals surface area contributed by atoms with Crippen molar-refractivity contribution in [1.29, 1.82) is 0 Å². The topological polar surface area (TPSA) is 37.3 Å². The van der Waals surface area contributed by atoms with E-state index < -0.39 is 5.97 Å². The van der Waals surface area contributed by atoms with Crippen LogP contribution in [0, 0.1) is 5.92 Å². The average molecular weight is 204 g/mol. The standard InChI is InChI=1S/C13H16O2/c1-10(2)8-12(13(14)15)9-11-6-4-3-5-7-11/h3-7,9-10H,8H2,1-2H3,(H,14,15). The molecule has 0 heterocycles. The van der Waals surface area contributed by atoms with E-state index in [1.54, 1.807) is 6.08 Å². The molecule has 0 saturated carbocycles. The molecule has 0 aromatic heterocycles. The molecule has 0 aliphatic heterocycles. The summed E-state index contributed by atoms with van der Waals surface area (Å²) in [7, 11) is 0. The fourth-order valence-corrected chi connectivity index (χ4v) is 1.40. The highest BCUT2D eigenvalue weighted by Crippen LogP contribution is 2.15. The molecule has 0 radical (unpaired) electrons. The lowest BCUT2D eigenvalue weighted by molar-refractivity contribution is -0.132. The summed E-state index contributed by atoms with van der Waals surface area (Å²) in [6, 6.07) is 9.54. The molecule has 0 aliphatic carbocycles. The van der Waals surface area contributed by atoms with Gasteiger partial charge in [0, 0.05) is 5.57 Å². The van der Waals surface area contributed by atoms with Crippen LogP contribution in [0.4, 0.5) is 0 Å². The van der Waals surface area contributed by atoms with Crippen molar-refractivity contribution in [3.8, 4) is 0 Å². The van der Waals surface area contributed by atoms with Gasteiger partial charge in [-0.3, -0.25) is 0 Å². The van der Waals surface area contributed by atoms with Gasteiger partial charge in [-0.1, -0.05) is 44.2 Å². The van der Waals surface area contributed by atoms with Crippen molar-refractivity contribution in [2.24, 2.45) is 5.92 Å². The van der Waals surface area contributed by atoms with Gasteiger partial charge in [-0.15, -0.1) is 0 Å². The first-order chi connectivity index (χ1) is 7.09. The van der Waals surface area contributed by atoms with Crippen LogP contribution in [-0.2, 0) is 4.79 Å². The van der Waals surface area contributed by atoms with Crippen molar-refractivity contribution >= 4 is 12.0 Å². The Balaban J connectivity index is 2.89. The minimum Gasteiger partial charge on any atom is -0.478 e. The van der Waals surface area contributed by atoms with Crippen LogP contribution in [-0.4, -0.2) is 11.1 Å². The molecule has 0 bridgehead atoms. The molecule has 15 heavy (non-hydrogen) atoms. The highest BCUT2D eigenvalue weighted by molar-refractivity contribution is 5.92. The number of rotatable bonds is 4. The summed E-state index contributed by atoms with van der Waals surface area (Å²) >= 11 is 0. The molecule has 2 nitrogen and oxygen atoms in total. The summed E-state index contributed by atoms with van der Waals surface area (Å²) in [6.45, 7) is 4.03. The largest absolute Gasteiger partial charge is 0.478 e. The number of carboxylic acid groups (broad SMARTS) is 1. The van der Waals surface area contributed by atoms with Crippen LogP contribution in [0.3, 0.4) is 0 Å².